The van der Waals surface area contributed by atoms with Crippen LogP contribution in [0.1, 0.15) is 23.7 Å². The molecule has 0 radical (unpaired) electrons. The number of ether oxygens (including phenoxy) is 2. The Labute approximate surface area is 195 Å². The normalized spacial score (nSPS) is 14.3. The number of amides is 1. The van der Waals surface area contributed by atoms with Crippen LogP contribution in [0.15, 0.2) is 42.5 Å². The summed E-state index contributed by atoms with van der Waals surface area (Å²) in [6.45, 7) is 7.08. The molecule has 9 nitrogen and oxygen atoms in total. The Balaban J connectivity index is 1.57. The number of non-ortho nitro benzene ring substituents is 1. The number of carbonyl (C=O) groups excluding carboxylic acids is 1. The number of thiazole rings is 1. The van der Waals surface area contributed by atoms with Gasteiger partial charge in [0.2, 0.25) is 0 Å². The Kier molecular flexibility index (Phi) is 7.48. The molecule has 0 spiro atoms. The number of aromatic nitrogens is 1. The van der Waals surface area contributed by atoms with Gasteiger partial charge >= 0.3 is 0 Å². The van der Waals surface area contributed by atoms with Gasteiger partial charge in [-0.1, -0.05) is 11.3 Å². The van der Waals surface area contributed by atoms with E-state index in [2.05, 4.69) is 4.90 Å². The van der Waals surface area contributed by atoms with Gasteiger partial charge in [0, 0.05) is 43.9 Å². The van der Waals surface area contributed by atoms with Crippen molar-refractivity contribution >= 4 is 38.3 Å². The zero-order valence-electron chi connectivity index (χ0n) is 18.4. The fourth-order valence-corrected chi connectivity index (χ4v) is 4.73. The van der Waals surface area contributed by atoms with E-state index < -0.39 is 4.92 Å². The zero-order valence-corrected chi connectivity index (χ0v) is 19.3. The number of nitro groups is 1. The summed E-state index contributed by atoms with van der Waals surface area (Å²) in [5, 5.41) is 11.6. The van der Waals surface area contributed by atoms with Crippen molar-refractivity contribution in [2.45, 2.75) is 13.3 Å². The molecule has 1 fully saturated rings. The topological polar surface area (TPSA) is 98.0 Å². The Bertz CT molecular complexity index is 1110. The SMILES string of the molecule is CCOc1ccc2nc(N(CCCN3CCOCC3)C(=O)c3ccc([N+](=O)[O-])cc3)sc2c1. The predicted molar refractivity (Wildman–Crippen MR) is 127 cm³/mol. The molecule has 1 aliphatic heterocycles. The van der Waals surface area contributed by atoms with Crippen LogP contribution in [0.5, 0.6) is 5.75 Å². The van der Waals surface area contributed by atoms with Crippen LogP contribution in [-0.2, 0) is 4.74 Å². The second-order valence-electron chi connectivity index (χ2n) is 7.63. The molecule has 0 N–H and O–H groups in total. The molecule has 0 bridgehead atoms. The highest BCUT2D eigenvalue weighted by Gasteiger charge is 2.22. The van der Waals surface area contributed by atoms with Gasteiger partial charge in [0.25, 0.3) is 11.6 Å². The molecule has 2 heterocycles. The van der Waals surface area contributed by atoms with E-state index in [1.54, 1.807) is 4.90 Å². The van der Waals surface area contributed by atoms with E-state index in [9.17, 15) is 14.9 Å². The Hall–Kier alpha value is -3.08. The lowest BCUT2D eigenvalue weighted by Gasteiger charge is -2.27. The first-order chi connectivity index (χ1) is 16.0. The number of nitrogens with zero attached hydrogens (tertiary/aromatic N) is 4. The summed E-state index contributed by atoms with van der Waals surface area (Å²) in [6, 6.07) is 11.4. The lowest BCUT2D eigenvalue weighted by Crippen LogP contribution is -2.39. The van der Waals surface area contributed by atoms with Crippen LogP contribution >= 0.6 is 11.3 Å². The third-order valence-corrected chi connectivity index (χ3v) is 6.46. The fraction of sp³-hybridized carbons (Fsp3) is 0.391. The van der Waals surface area contributed by atoms with Gasteiger partial charge < -0.3 is 9.47 Å². The molecule has 33 heavy (non-hydrogen) atoms. The highest BCUT2D eigenvalue weighted by atomic mass is 32.1. The average molecular weight is 471 g/mol. The number of nitro benzene ring substituents is 1. The number of fused-ring (bicyclic) bond motifs is 1. The number of benzene rings is 2. The Morgan fingerprint density at radius 3 is 2.70 bits per heavy atom. The molecule has 1 saturated heterocycles. The van der Waals surface area contributed by atoms with Crippen molar-refractivity contribution < 1.29 is 19.2 Å². The molecule has 1 aromatic heterocycles. The summed E-state index contributed by atoms with van der Waals surface area (Å²) >= 11 is 1.43. The third-order valence-electron chi connectivity index (χ3n) is 5.42. The molecule has 2 aromatic carbocycles. The van der Waals surface area contributed by atoms with E-state index in [1.807, 2.05) is 25.1 Å². The summed E-state index contributed by atoms with van der Waals surface area (Å²) in [6.07, 6.45) is 0.777. The van der Waals surface area contributed by atoms with Crippen molar-refractivity contribution in [3.63, 3.8) is 0 Å². The van der Waals surface area contributed by atoms with E-state index in [1.165, 1.54) is 35.6 Å². The minimum Gasteiger partial charge on any atom is -0.494 e. The monoisotopic (exact) mass is 470 g/mol. The number of morpholine rings is 1. The van der Waals surface area contributed by atoms with E-state index in [0.717, 1.165) is 55.2 Å². The summed E-state index contributed by atoms with van der Waals surface area (Å²) in [4.78, 5) is 32.6. The number of rotatable bonds is 9. The molecule has 1 amide bonds. The summed E-state index contributed by atoms with van der Waals surface area (Å²) in [7, 11) is 0. The van der Waals surface area contributed by atoms with Crippen LogP contribution in [0, 0.1) is 10.1 Å². The summed E-state index contributed by atoms with van der Waals surface area (Å²) in [5.74, 6) is 0.539. The smallest absolute Gasteiger partial charge is 0.269 e. The van der Waals surface area contributed by atoms with Crippen molar-refractivity contribution in [3.8, 4) is 5.75 Å². The molecule has 0 atom stereocenters. The van der Waals surface area contributed by atoms with Crippen molar-refractivity contribution in [1.82, 2.24) is 9.88 Å². The van der Waals surface area contributed by atoms with Gasteiger partial charge in [-0.3, -0.25) is 24.7 Å². The second kappa shape index (κ2) is 10.7. The van der Waals surface area contributed by atoms with Crippen LogP contribution in [0.4, 0.5) is 10.8 Å². The Morgan fingerprint density at radius 1 is 1.24 bits per heavy atom. The van der Waals surface area contributed by atoms with Gasteiger partial charge in [-0.25, -0.2) is 4.98 Å². The summed E-state index contributed by atoms with van der Waals surface area (Å²) in [5.41, 5.74) is 1.14. The van der Waals surface area contributed by atoms with E-state index in [0.29, 0.717) is 23.8 Å². The third kappa shape index (κ3) is 5.65. The van der Waals surface area contributed by atoms with Gasteiger partial charge in [-0.05, 0) is 43.7 Å². The summed E-state index contributed by atoms with van der Waals surface area (Å²) < 4.78 is 11.9. The van der Waals surface area contributed by atoms with Crippen molar-refractivity contribution in [3.05, 3.63) is 58.1 Å². The maximum absolute atomic E-state index is 13.4. The first-order valence-corrected chi connectivity index (χ1v) is 11.8. The molecule has 4 rings (SSSR count). The largest absolute Gasteiger partial charge is 0.494 e. The minimum atomic E-state index is -0.474. The molecule has 0 saturated carbocycles. The van der Waals surface area contributed by atoms with Gasteiger partial charge in [0.1, 0.15) is 5.75 Å². The van der Waals surface area contributed by atoms with E-state index >= 15 is 0 Å². The first-order valence-electron chi connectivity index (χ1n) is 10.9. The maximum Gasteiger partial charge on any atom is 0.269 e. The maximum atomic E-state index is 13.4. The molecular formula is C23H26N4O5S. The van der Waals surface area contributed by atoms with Crippen LogP contribution < -0.4 is 9.64 Å². The first kappa shape index (κ1) is 23.1. The van der Waals surface area contributed by atoms with Crippen LogP contribution in [0.3, 0.4) is 0 Å². The van der Waals surface area contributed by atoms with Gasteiger partial charge in [0.05, 0.1) is 35.0 Å². The quantitative estimate of drug-likeness (QED) is 0.345. The van der Waals surface area contributed by atoms with Crippen LogP contribution in [-0.4, -0.2) is 66.7 Å². The molecule has 0 unspecified atom stereocenters. The second-order valence-corrected chi connectivity index (χ2v) is 8.64. The van der Waals surface area contributed by atoms with Gasteiger partial charge in [-0.2, -0.15) is 0 Å². The number of hydrogen-bond donors (Lipinski definition) is 0. The van der Waals surface area contributed by atoms with Gasteiger partial charge in [-0.15, -0.1) is 0 Å². The molecule has 174 valence electrons. The lowest BCUT2D eigenvalue weighted by molar-refractivity contribution is -0.384. The van der Waals surface area contributed by atoms with E-state index in [-0.39, 0.29) is 11.6 Å². The van der Waals surface area contributed by atoms with Gasteiger partial charge in [0.15, 0.2) is 5.13 Å². The highest BCUT2D eigenvalue weighted by Crippen LogP contribution is 2.32. The van der Waals surface area contributed by atoms with E-state index in [4.69, 9.17) is 14.5 Å². The molecule has 1 aliphatic rings. The van der Waals surface area contributed by atoms with Crippen LogP contribution in [0.25, 0.3) is 10.2 Å². The fourth-order valence-electron chi connectivity index (χ4n) is 3.71. The highest BCUT2D eigenvalue weighted by molar-refractivity contribution is 7.22. The Morgan fingerprint density at radius 2 is 2.00 bits per heavy atom. The minimum absolute atomic E-state index is 0.0474. The van der Waals surface area contributed by atoms with Crippen molar-refractivity contribution in [2.24, 2.45) is 0 Å². The molecule has 0 aliphatic carbocycles. The zero-order chi connectivity index (χ0) is 23.2. The van der Waals surface area contributed by atoms with Crippen LogP contribution in [0.2, 0.25) is 0 Å². The number of carbonyl (C=O) groups is 1. The van der Waals surface area contributed by atoms with Crippen molar-refractivity contribution in [1.29, 1.82) is 0 Å². The number of anilines is 1. The predicted octanol–water partition coefficient (Wildman–Crippen LogP) is 3.97. The molecule has 10 heteroatoms. The molecule has 3 aromatic rings. The molecular weight excluding hydrogens is 444 g/mol. The lowest BCUT2D eigenvalue weighted by atomic mass is 10.2. The number of hydrogen-bond acceptors (Lipinski definition) is 8. The average Bonchev–Trinajstić information content (AvgIpc) is 3.25. The standard InChI is InChI=1S/C23H26N4O5S/c1-2-32-19-8-9-20-21(16-19)33-23(24-20)26(11-3-10-25-12-14-31-15-13-25)22(28)17-4-6-18(7-5-17)27(29)30/h4-9,16H,2-3,10-15H2,1H3. The van der Waals surface area contributed by atoms with Crippen molar-refractivity contribution in [2.75, 3.05) is 50.9 Å².